The van der Waals surface area contributed by atoms with Gasteiger partial charge >= 0.3 is 0 Å². The molecule has 4 atom stereocenters. The summed E-state index contributed by atoms with van der Waals surface area (Å²) in [6, 6.07) is 0. The average molecular weight is 550 g/mol. The van der Waals surface area contributed by atoms with Crippen LogP contribution in [0.5, 0.6) is 0 Å². The van der Waals surface area contributed by atoms with Crippen molar-refractivity contribution >= 4 is 0 Å². The number of aliphatic hydroxyl groups is 1. The molecule has 2 rings (SSSR count). The van der Waals surface area contributed by atoms with Crippen LogP contribution in [0.4, 0.5) is 0 Å². The monoisotopic (exact) mass is 550 g/mol. The first-order valence-electron chi connectivity index (χ1n) is 5.52. The van der Waals surface area contributed by atoms with Crippen molar-refractivity contribution in [3.63, 3.8) is 0 Å². The molecule has 0 amide bonds. The van der Waals surface area contributed by atoms with Gasteiger partial charge in [-0.15, -0.1) is 5.54 Å². The zero-order valence-electron chi connectivity index (χ0n) is 9.48. The third kappa shape index (κ3) is 3.38. The Labute approximate surface area is 121 Å². The molecule has 1 heterocycles. The molecule has 1 aliphatic carbocycles. The number of fused-ring (bicyclic) bond motifs is 1. The molecule has 4 heteroatoms. The standard InChI is InChI=1S/C11H20NO.2W/c1-8-7-10(13)12-11(2)6-4-3-5-9(8)11;;/h8-10,13H,3-7H2,1-2H3;;/q-1;;. The Kier molecular flexibility index (Phi) is 6.83. The largest absolute Gasteiger partial charge is 0.631 e. The minimum absolute atomic E-state index is 0. The second-order valence-corrected chi connectivity index (χ2v) is 5.03. The minimum Gasteiger partial charge on any atom is -0.631 e. The summed E-state index contributed by atoms with van der Waals surface area (Å²) in [4.78, 5) is 0. The van der Waals surface area contributed by atoms with E-state index >= 15 is 0 Å². The van der Waals surface area contributed by atoms with Crippen LogP contribution in [0.25, 0.3) is 5.32 Å². The molecule has 2 nitrogen and oxygen atoms in total. The molecule has 0 spiro atoms. The Bertz CT molecular complexity index is 203. The van der Waals surface area contributed by atoms with Gasteiger partial charge < -0.3 is 10.4 Å². The van der Waals surface area contributed by atoms with Crippen molar-refractivity contribution in [2.75, 3.05) is 0 Å². The SMILES string of the molecule is CC1CC(O)[N-]C2(C)CCCCC12.[W].[W]. The molecule has 4 unspecified atom stereocenters. The van der Waals surface area contributed by atoms with Gasteiger partial charge in [0.1, 0.15) is 0 Å². The van der Waals surface area contributed by atoms with Gasteiger partial charge in [0, 0.05) is 42.1 Å². The molecule has 0 aromatic heterocycles. The van der Waals surface area contributed by atoms with Crippen molar-refractivity contribution in [1.82, 2.24) is 0 Å². The van der Waals surface area contributed by atoms with Crippen molar-refractivity contribution in [2.24, 2.45) is 11.8 Å². The molecule has 0 radical (unpaired) electrons. The van der Waals surface area contributed by atoms with Crippen LogP contribution in [0, 0.1) is 11.8 Å². The maximum absolute atomic E-state index is 9.62. The summed E-state index contributed by atoms with van der Waals surface area (Å²) < 4.78 is 0. The number of piperidine rings is 1. The van der Waals surface area contributed by atoms with Gasteiger partial charge in [-0.05, 0) is 18.6 Å². The Hall–Kier alpha value is 1.30. The van der Waals surface area contributed by atoms with Gasteiger partial charge in [-0.3, -0.25) is 0 Å². The molecule has 1 aliphatic heterocycles. The fourth-order valence-corrected chi connectivity index (χ4v) is 3.29. The maximum Gasteiger partial charge on any atom is 0 e. The first-order chi connectivity index (χ1) is 6.12. The normalized spacial score (nSPS) is 44.6. The molecule has 0 aromatic rings. The zero-order chi connectivity index (χ0) is 9.47. The van der Waals surface area contributed by atoms with Gasteiger partial charge in [0.25, 0.3) is 0 Å². The molecule has 1 saturated heterocycles. The van der Waals surface area contributed by atoms with Crippen LogP contribution in [-0.4, -0.2) is 16.9 Å². The third-order valence-electron chi connectivity index (χ3n) is 3.96. The van der Waals surface area contributed by atoms with Crippen LogP contribution < -0.4 is 0 Å². The molecule has 1 N–H and O–H groups in total. The molecule has 2 fully saturated rings. The summed E-state index contributed by atoms with van der Waals surface area (Å²) in [5.41, 5.74) is 0.0926. The molecule has 0 bridgehead atoms. The molecular formula is C11H20NOW2-. The van der Waals surface area contributed by atoms with E-state index in [2.05, 4.69) is 19.2 Å². The van der Waals surface area contributed by atoms with E-state index in [1.54, 1.807) is 0 Å². The van der Waals surface area contributed by atoms with Gasteiger partial charge in [0.05, 0.1) is 0 Å². The topological polar surface area (TPSA) is 34.3 Å². The van der Waals surface area contributed by atoms with Crippen LogP contribution in [0.1, 0.15) is 46.0 Å². The van der Waals surface area contributed by atoms with E-state index in [9.17, 15) is 5.11 Å². The first-order valence-corrected chi connectivity index (χ1v) is 5.52. The Morgan fingerprint density at radius 1 is 1.27 bits per heavy atom. The fraction of sp³-hybridized carbons (Fsp3) is 1.00. The van der Waals surface area contributed by atoms with Crippen LogP contribution in [0.15, 0.2) is 0 Å². The van der Waals surface area contributed by atoms with E-state index in [1.165, 1.54) is 25.7 Å². The Morgan fingerprint density at radius 3 is 2.60 bits per heavy atom. The van der Waals surface area contributed by atoms with E-state index in [-0.39, 0.29) is 47.7 Å². The van der Waals surface area contributed by atoms with Crippen molar-refractivity contribution < 1.29 is 47.2 Å². The van der Waals surface area contributed by atoms with Crippen molar-refractivity contribution in [3.8, 4) is 0 Å². The van der Waals surface area contributed by atoms with E-state index in [0.717, 1.165) is 12.3 Å². The van der Waals surface area contributed by atoms with Crippen molar-refractivity contribution in [1.29, 1.82) is 0 Å². The Morgan fingerprint density at radius 2 is 1.93 bits per heavy atom. The van der Waals surface area contributed by atoms with Gasteiger partial charge in [-0.2, -0.15) is 0 Å². The van der Waals surface area contributed by atoms with Crippen molar-refractivity contribution in [3.05, 3.63) is 5.32 Å². The molecule has 1 saturated carbocycles. The summed E-state index contributed by atoms with van der Waals surface area (Å²) >= 11 is 0. The van der Waals surface area contributed by atoms with Gasteiger partial charge in [0.15, 0.2) is 0 Å². The van der Waals surface area contributed by atoms with E-state index < -0.39 is 6.23 Å². The van der Waals surface area contributed by atoms with Crippen LogP contribution in [0.3, 0.4) is 0 Å². The van der Waals surface area contributed by atoms with Crippen LogP contribution in [-0.2, 0) is 42.1 Å². The minimum atomic E-state index is -0.394. The van der Waals surface area contributed by atoms with E-state index in [1.807, 2.05) is 0 Å². The van der Waals surface area contributed by atoms with E-state index in [0.29, 0.717) is 5.92 Å². The molecule has 88 valence electrons. The second kappa shape index (κ2) is 6.29. The van der Waals surface area contributed by atoms with Gasteiger partial charge in [0.2, 0.25) is 0 Å². The predicted octanol–water partition coefficient (Wildman–Crippen LogP) is 2.66. The number of aliphatic hydroxyl groups excluding tert-OH is 1. The van der Waals surface area contributed by atoms with Gasteiger partial charge in [-0.1, -0.05) is 45.4 Å². The smallest absolute Gasteiger partial charge is 0 e. The molecule has 15 heavy (non-hydrogen) atoms. The Balaban J connectivity index is 0.000000980. The van der Waals surface area contributed by atoms with Crippen molar-refractivity contribution in [2.45, 2.75) is 57.7 Å². The number of hydrogen-bond donors (Lipinski definition) is 1. The second-order valence-electron chi connectivity index (χ2n) is 5.03. The number of hydrogen-bond acceptors (Lipinski definition) is 1. The fourth-order valence-electron chi connectivity index (χ4n) is 3.29. The zero-order valence-corrected chi connectivity index (χ0v) is 15.3. The molecule has 0 aromatic carbocycles. The third-order valence-corrected chi connectivity index (χ3v) is 3.96. The summed E-state index contributed by atoms with van der Waals surface area (Å²) in [5.74, 6) is 1.38. The van der Waals surface area contributed by atoms with Crippen LogP contribution >= 0.6 is 0 Å². The summed E-state index contributed by atoms with van der Waals surface area (Å²) in [7, 11) is 0. The summed E-state index contributed by atoms with van der Waals surface area (Å²) in [5, 5.41) is 14.2. The predicted molar refractivity (Wildman–Crippen MR) is 53.5 cm³/mol. The molecule has 2 aliphatic rings. The van der Waals surface area contributed by atoms with Gasteiger partial charge in [-0.25, -0.2) is 0 Å². The molecular weight excluding hydrogens is 530 g/mol. The summed E-state index contributed by atoms with van der Waals surface area (Å²) in [6.07, 6.45) is 5.62. The quantitative estimate of drug-likeness (QED) is 0.495. The number of rotatable bonds is 0. The summed E-state index contributed by atoms with van der Waals surface area (Å²) in [6.45, 7) is 4.50. The van der Waals surface area contributed by atoms with E-state index in [4.69, 9.17) is 0 Å². The number of nitrogens with zero attached hydrogens (tertiary/aromatic N) is 1. The van der Waals surface area contributed by atoms with Crippen LogP contribution in [0.2, 0.25) is 0 Å². The first kappa shape index (κ1) is 16.3. The average Bonchev–Trinajstić information content (AvgIpc) is 2.01. The maximum atomic E-state index is 9.62.